The maximum atomic E-state index is 12.6. The van der Waals surface area contributed by atoms with Crippen molar-refractivity contribution in [1.29, 1.82) is 0 Å². The van der Waals surface area contributed by atoms with Gasteiger partial charge >= 0.3 is 12.1 Å². The Hall–Kier alpha value is -3.10. The van der Waals surface area contributed by atoms with E-state index in [1.807, 2.05) is 30.3 Å². The highest BCUT2D eigenvalue weighted by Gasteiger charge is 2.40. The van der Waals surface area contributed by atoms with Gasteiger partial charge in [0.25, 0.3) is 0 Å². The van der Waals surface area contributed by atoms with Crippen LogP contribution >= 0.6 is 0 Å². The van der Waals surface area contributed by atoms with Gasteiger partial charge < -0.3 is 19.0 Å². The van der Waals surface area contributed by atoms with Crippen molar-refractivity contribution in [3.05, 3.63) is 60.2 Å². The molecule has 0 heterocycles. The number of hydrogen-bond acceptors (Lipinski definition) is 7. The predicted octanol–water partition coefficient (Wildman–Crippen LogP) is 3.87. The number of hydrogen-bond donors (Lipinski definition) is 1. The highest BCUT2D eigenvalue weighted by Crippen LogP contribution is 2.23. The van der Waals surface area contributed by atoms with Crippen LogP contribution in [0.15, 0.2) is 54.6 Å². The molecule has 1 atom stereocenters. The fraction of sp³-hybridized carbons (Fsp3) is 0.364. The Kier molecular flexibility index (Phi) is 8.64. The van der Waals surface area contributed by atoms with Crippen LogP contribution in [0.25, 0.3) is 0 Å². The van der Waals surface area contributed by atoms with Crippen molar-refractivity contribution < 1.29 is 28.6 Å². The van der Waals surface area contributed by atoms with E-state index in [1.54, 1.807) is 52.1 Å². The van der Waals surface area contributed by atoms with E-state index >= 15 is 0 Å². The first kappa shape index (κ1) is 23.2. The van der Waals surface area contributed by atoms with Gasteiger partial charge in [0.05, 0.1) is 13.0 Å². The fourth-order valence-electron chi connectivity index (χ4n) is 2.64. The van der Waals surface area contributed by atoms with Gasteiger partial charge in [0.2, 0.25) is 5.85 Å². The average Bonchev–Trinajstić information content (AvgIpc) is 2.73. The van der Waals surface area contributed by atoms with Crippen molar-refractivity contribution >= 4 is 12.1 Å². The molecule has 162 valence electrons. The Morgan fingerprint density at radius 3 is 2.33 bits per heavy atom. The summed E-state index contributed by atoms with van der Waals surface area (Å²) in [5.74, 6) is -0.758. The number of nitrogens with one attached hydrogen (secondary N) is 1. The lowest BCUT2D eigenvalue weighted by Gasteiger charge is -2.36. The maximum Gasteiger partial charge on any atom is 0.447 e. The van der Waals surface area contributed by atoms with E-state index in [1.165, 1.54) is 0 Å². The second-order valence-corrected chi connectivity index (χ2v) is 6.36. The zero-order valence-electron chi connectivity index (χ0n) is 17.7. The summed E-state index contributed by atoms with van der Waals surface area (Å²) >= 11 is 0. The fourth-order valence-corrected chi connectivity index (χ4v) is 2.64. The topological polar surface area (TPSA) is 86.3 Å². The summed E-state index contributed by atoms with van der Waals surface area (Å²) in [6, 6.07) is 16.4. The van der Waals surface area contributed by atoms with Gasteiger partial charge in [-0.3, -0.25) is 5.32 Å². The molecule has 0 aliphatic rings. The van der Waals surface area contributed by atoms with Gasteiger partial charge in [-0.15, -0.1) is 0 Å². The molecule has 30 heavy (non-hydrogen) atoms. The van der Waals surface area contributed by atoms with Crippen LogP contribution < -0.4 is 10.1 Å². The van der Waals surface area contributed by atoms with Gasteiger partial charge in [0, 0.05) is 13.5 Å². The third-order valence-electron chi connectivity index (χ3n) is 4.13. The number of carbonyl (C=O) groups excluding carboxylic acids is 2. The number of benzene rings is 2. The lowest BCUT2D eigenvalue weighted by Crippen LogP contribution is -2.60. The number of amides is 1. The Morgan fingerprint density at radius 1 is 1.00 bits per heavy atom. The molecule has 8 nitrogen and oxygen atoms in total. The van der Waals surface area contributed by atoms with E-state index in [9.17, 15) is 9.59 Å². The molecule has 1 unspecified atom stereocenters. The van der Waals surface area contributed by atoms with E-state index in [4.69, 9.17) is 19.0 Å². The van der Waals surface area contributed by atoms with Crippen molar-refractivity contribution in [2.24, 2.45) is 0 Å². The van der Waals surface area contributed by atoms with Gasteiger partial charge in [0.1, 0.15) is 11.5 Å². The summed E-state index contributed by atoms with van der Waals surface area (Å²) in [5, 5.41) is 3.60. The second-order valence-electron chi connectivity index (χ2n) is 6.36. The number of para-hydroxylation sites is 1. The minimum Gasteiger partial charge on any atom is -0.457 e. The number of hydroxylamine groups is 2. The normalized spacial score (nSPS) is 12.5. The molecule has 0 radical (unpaired) electrons. The zero-order valence-corrected chi connectivity index (χ0v) is 17.7. The minimum absolute atomic E-state index is 0.0756. The molecule has 1 amide bonds. The molecule has 0 spiro atoms. The molecule has 1 N–H and O–H groups in total. The maximum absolute atomic E-state index is 12.6. The Labute approximate surface area is 176 Å². The van der Waals surface area contributed by atoms with Crippen LogP contribution in [0.4, 0.5) is 4.79 Å². The number of ether oxygens (including phenoxy) is 3. The molecule has 0 aromatic heterocycles. The van der Waals surface area contributed by atoms with E-state index in [0.717, 1.165) is 5.06 Å². The van der Waals surface area contributed by atoms with Crippen LogP contribution in [0.5, 0.6) is 11.5 Å². The Bertz CT molecular complexity index is 829. The van der Waals surface area contributed by atoms with Gasteiger partial charge in [-0.2, -0.15) is 0 Å². The average molecular weight is 416 g/mol. The smallest absolute Gasteiger partial charge is 0.447 e. The van der Waals surface area contributed by atoms with Gasteiger partial charge in [-0.1, -0.05) is 35.4 Å². The van der Waals surface area contributed by atoms with Crippen LogP contribution in [0.3, 0.4) is 0 Å². The van der Waals surface area contributed by atoms with Crippen molar-refractivity contribution in [3.63, 3.8) is 0 Å². The van der Waals surface area contributed by atoms with Crippen molar-refractivity contribution in [2.45, 2.75) is 33.0 Å². The molecule has 2 aromatic carbocycles. The molecule has 0 aliphatic heterocycles. The summed E-state index contributed by atoms with van der Waals surface area (Å²) in [5.41, 5.74) is 0.666. The lowest BCUT2D eigenvalue weighted by molar-refractivity contribution is -0.274. The van der Waals surface area contributed by atoms with Crippen LogP contribution in [-0.4, -0.2) is 43.2 Å². The first-order valence-corrected chi connectivity index (χ1v) is 9.74. The molecular formula is C22H28N2O6. The second kappa shape index (κ2) is 11.2. The van der Waals surface area contributed by atoms with Crippen molar-refractivity contribution in [1.82, 2.24) is 10.4 Å². The third-order valence-corrected chi connectivity index (χ3v) is 4.13. The largest absolute Gasteiger partial charge is 0.457 e. The number of carbonyl (C=O) groups is 2. The minimum atomic E-state index is -1.38. The molecule has 0 bridgehead atoms. The van der Waals surface area contributed by atoms with Crippen molar-refractivity contribution in [2.75, 3.05) is 20.3 Å². The van der Waals surface area contributed by atoms with Crippen LogP contribution in [0, 0.1) is 0 Å². The number of rotatable bonds is 9. The van der Waals surface area contributed by atoms with Gasteiger partial charge in [0.15, 0.2) is 0 Å². The summed E-state index contributed by atoms with van der Waals surface area (Å²) < 4.78 is 16.4. The molecule has 2 rings (SSSR count). The molecule has 0 aliphatic carbocycles. The van der Waals surface area contributed by atoms with Crippen LogP contribution in [-0.2, 0) is 25.5 Å². The first-order chi connectivity index (χ1) is 14.4. The highest BCUT2D eigenvalue weighted by atomic mass is 16.8. The monoisotopic (exact) mass is 416 g/mol. The number of nitrogens with zero attached hydrogens (tertiary/aromatic N) is 1. The van der Waals surface area contributed by atoms with Gasteiger partial charge in [-0.05, 0) is 50.7 Å². The van der Waals surface area contributed by atoms with Crippen LogP contribution in [0.2, 0.25) is 0 Å². The summed E-state index contributed by atoms with van der Waals surface area (Å²) in [6.45, 7) is 5.39. The molecule has 0 fully saturated rings. The highest BCUT2D eigenvalue weighted by molar-refractivity contribution is 5.75. The summed E-state index contributed by atoms with van der Waals surface area (Å²) in [7, 11) is 1.58. The van der Waals surface area contributed by atoms with E-state index in [0.29, 0.717) is 17.1 Å². The van der Waals surface area contributed by atoms with E-state index in [-0.39, 0.29) is 19.6 Å². The van der Waals surface area contributed by atoms with Crippen molar-refractivity contribution in [3.8, 4) is 11.5 Å². The molecule has 2 aromatic rings. The quantitative estimate of drug-likeness (QED) is 0.490. The zero-order chi connectivity index (χ0) is 22.0. The lowest BCUT2D eigenvalue weighted by atomic mass is 10.1. The molecule has 0 saturated heterocycles. The SMILES string of the molecule is CCOC(=O)N(OC(=O)Cc1cccc(Oc2ccccc2)c1)C(C)(NC)OCC. The Morgan fingerprint density at radius 2 is 1.70 bits per heavy atom. The van der Waals surface area contributed by atoms with E-state index in [2.05, 4.69) is 5.32 Å². The standard InChI is InChI=1S/C22H28N2O6/c1-5-27-21(26)24(22(3,23-4)28-6-2)30-20(25)16-17-11-10-14-19(15-17)29-18-12-8-7-9-13-18/h7-15,23H,5-6,16H2,1-4H3. The molecule has 0 saturated carbocycles. The Balaban J connectivity index is 2.11. The predicted molar refractivity (Wildman–Crippen MR) is 111 cm³/mol. The summed E-state index contributed by atoms with van der Waals surface area (Å²) in [4.78, 5) is 30.3. The molecular weight excluding hydrogens is 388 g/mol. The first-order valence-electron chi connectivity index (χ1n) is 9.74. The third kappa shape index (κ3) is 6.47. The van der Waals surface area contributed by atoms with E-state index < -0.39 is 17.9 Å². The molecule has 8 heteroatoms. The van der Waals surface area contributed by atoms with Crippen LogP contribution in [0.1, 0.15) is 26.3 Å². The summed E-state index contributed by atoms with van der Waals surface area (Å²) in [6.07, 6.45) is -0.911. The van der Waals surface area contributed by atoms with Gasteiger partial charge in [-0.25, -0.2) is 9.59 Å².